The number of nitrogens with zero attached hydrogens (tertiary/aromatic N) is 3. The minimum atomic E-state index is -3.61. The van der Waals surface area contributed by atoms with Gasteiger partial charge in [-0.25, -0.2) is 18.2 Å². The van der Waals surface area contributed by atoms with Crippen LogP contribution in [0.4, 0.5) is 5.13 Å². The van der Waals surface area contributed by atoms with Crippen molar-refractivity contribution in [1.29, 1.82) is 0 Å². The molecule has 0 amide bonds. The molecular weight excluding hydrogens is 410 g/mol. The molecule has 1 saturated heterocycles. The number of carboxylic acids is 1. The lowest BCUT2D eigenvalue weighted by Crippen LogP contribution is -2.48. The van der Waals surface area contributed by atoms with Crippen LogP contribution in [0.5, 0.6) is 0 Å². The highest BCUT2D eigenvalue weighted by molar-refractivity contribution is 7.89. The number of carboxylic acid groups (broad SMARTS) is 1. The second-order valence-corrected chi connectivity index (χ2v) is 9.54. The number of sulfonamides is 1. The van der Waals surface area contributed by atoms with Gasteiger partial charge in [0, 0.05) is 26.2 Å². The van der Waals surface area contributed by atoms with Crippen LogP contribution in [0.2, 0.25) is 0 Å². The van der Waals surface area contributed by atoms with Crippen LogP contribution in [0, 0.1) is 0 Å². The number of piperazine rings is 1. The van der Waals surface area contributed by atoms with E-state index in [-0.39, 0.29) is 9.77 Å². The van der Waals surface area contributed by atoms with Crippen LogP contribution in [-0.4, -0.2) is 55.0 Å². The highest BCUT2D eigenvalue weighted by atomic mass is 32.2. The largest absolute Gasteiger partial charge is 0.477 e. The molecule has 0 atom stereocenters. The summed E-state index contributed by atoms with van der Waals surface area (Å²) in [6, 6.07) is 16.6. The molecule has 0 unspecified atom stereocenters. The first-order valence-electron chi connectivity index (χ1n) is 9.05. The van der Waals surface area contributed by atoms with Crippen molar-refractivity contribution in [3.63, 3.8) is 0 Å². The van der Waals surface area contributed by atoms with Crippen molar-refractivity contribution in [3.8, 4) is 11.1 Å². The van der Waals surface area contributed by atoms with Crippen LogP contribution in [-0.2, 0) is 10.0 Å². The number of thiazole rings is 1. The number of hydrogen-bond donors (Lipinski definition) is 1. The minimum absolute atomic E-state index is 0.174. The Bertz CT molecular complexity index is 1120. The molecule has 0 saturated carbocycles. The maximum Gasteiger partial charge on any atom is 0.347 e. The molecule has 9 heteroatoms. The second-order valence-electron chi connectivity index (χ2n) is 6.60. The topological polar surface area (TPSA) is 90.8 Å². The van der Waals surface area contributed by atoms with Crippen LogP contribution in [0.15, 0.2) is 65.7 Å². The van der Waals surface area contributed by atoms with E-state index in [9.17, 15) is 13.2 Å². The molecule has 2 heterocycles. The Morgan fingerprint density at radius 3 is 2.31 bits per heavy atom. The summed E-state index contributed by atoms with van der Waals surface area (Å²) in [7, 11) is -3.61. The number of carbonyl (C=O) groups is 1. The minimum Gasteiger partial charge on any atom is -0.477 e. The van der Waals surface area contributed by atoms with Gasteiger partial charge in [-0.05, 0) is 23.3 Å². The first-order valence-corrected chi connectivity index (χ1v) is 11.3. The number of anilines is 1. The highest BCUT2D eigenvalue weighted by Crippen LogP contribution is 2.27. The van der Waals surface area contributed by atoms with Gasteiger partial charge >= 0.3 is 5.97 Å². The van der Waals surface area contributed by atoms with E-state index in [1.807, 2.05) is 41.3 Å². The maximum absolute atomic E-state index is 13.1. The van der Waals surface area contributed by atoms with Crippen LogP contribution in [0.25, 0.3) is 11.1 Å². The third kappa shape index (κ3) is 4.02. The lowest BCUT2D eigenvalue weighted by atomic mass is 10.1. The third-order valence-electron chi connectivity index (χ3n) is 4.79. The summed E-state index contributed by atoms with van der Waals surface area (Å²) < 4.78 is 27.7. The molecule has 4 rings (SSSR count). The van der Waals surface area contributed by atoms with E-state index in [4.69, 9.17) is 5.11 Å². The Labute approximate surface area is 172 Å². The summed E-state index contributed by atoms with van der Waals surface area (Å²) >= 11 is 1.10. The number of rotatable bonds is 5. The van der Waals surface area contributed by atoms with Crippen molar-refractivity contribution in [3.05, 3.63) is 65.7 Å². The van der Waals surface area contributed by atoms with Crippen LogP contribution >= 0.6 is 11.3 Å². The Balaban J connectivity index is 1.50. The maximum atomic E-state index is 13.1. The van der Waals surface area contributed by atoms with E-state index in [1.165, 1.54) is 10.5 Å². The van der Waals surface area contributed by atoms with Gasteiger partial charge < -0.3 is 10.0 Å². The molecule has 1 aliphatic heterocycles. The van der Waals surface area contributed by atoms with Crippen LogP contribution in [0.3, 0.4) is 0 Å². The molecule has 29 heavy (non-hydrogen) atoms. The van der Waals surface area contributed by atoms with Crippen molar-refractivity contribution in [2.45, 2.75) is 4.90 Å². The first-order chi connectivity index (χ1) is 13.9. The molecule has 1 fully saturated rings. The second kappa shape index (κ2) is 7.94. The Kier molecular flexibility index (Phi) is 5.35. The Morgan fingerprint density at radius 2 is 1.66 bits per heavy atom. The summed E-state index contributed by atoms with van der Waals surface area (Å²) in [6.07, 6.45) is 1.33. The summed E-state index contributed by atoms with van der Waals surface area (Å²) in [5.41, 5.74) is 1.82. The molecule has 1 aromatic heterocycles. The van der Waals surface area contributed by atoms with Crippen molar-refractivity contribution < 1.29 is 18.3 Å². The monoisotopic (exact) mass is 429 g/mol. The Hall–Kier alpha value is -2.75. The molecule has 0 aliphatic carbocycles. The molecule has 3 aromatic rings. The van der Waals surface area contributed by atoms with E-state index in [0.29, 0.717) is 31.3 Å². The predicted molar refractivity (Wildman–Crippen MR) is 112 cm³/mol. The van der Waals surface area contributed by atoms with Gasteiger partial charge in [0.15, 0.2) is 5.13 Å². The van der Waals surface area contributed by atoms with Gasteiger partial charge in [-0.15, -0.1) is 0 Å². The van der Waals surface area contributed by atoms with Gasteiger partial charge in [-0.1, -0.05) is 53.8 Å². The number of aromatic carboxylic acids is 1. The normalized spacial score (nSPS) is 15.4. The highest BCUT2D eigenvalue weighted by Gasteiger charge is 2.29. The Morgan fingerprint density at radius 1 is 0.966 bits per heavy atom. The quantitative estimate of drug-likeness (QED) is 0.670. The van der Waals surface area contributed by atoms with Crippen LogP contribution < -0.4 is 4.90 Å². The van der Waals surface area contributed by atoms with Crippen molar-refractivity contribution >= 4 is 32.5 Å². The zero-order chi connectivity index (χ0) is 20.4. The molecule has 0 radical (unpaired) electrons. The van der Waals surface area contributed by atoms with Crippen molar-refractivity contribution in [2.75, 3.05) is 31.1 Å². The molecule has 0 spiro atoms. The summed E-state index contributed by atoms with van der Waals surface area (Å²) in [5, 5.41) is 9.64. The molecular formula is C20H19N3O4S2. The molecule has 1 N–H and O–H groups in total. The first kappa shape index (κ1) is 19.6. The lowest BCUT2D eigenvalue weighted by molar-refractivity contribution is 0.0702. The van der Waals surface area contributed by atoms with E-state index in [1.54, 1.807) is 18.2 Å². The number of hydrogen-bond acceptors (Lipinski definition) is 6. The molecule has 0 bridgehead atoms. The predicted octanol–water partition coefficient (Wildman–Crippen LogP) is 3.02. The molecule has 1 aliphatic rings. The van der Waals surface area contributed by atoms with Gasteiger partial charge in [0.05, 0.1) is 11.1 Å². The van der Waals surface area contributed by atoms with Crippen molar-refractivity contribution in [1.82, 2.24) is 9.29 Å². The molecule has 150 valence electrons. The van der Waals surface area contributed by atoms with Crippen LogP contribution in [0.1, 0.15) is 9.67 Å². The van der Waals surface area contributed by atoms with E-state index >= 15 is 0 Å². The number of benzene rings is 2. The zero-order valence-corrected chi connectivity index (χ0v) is 17.1. The average molecular weight is 430 g/mol. The lowest BCUT2D eigenvalue weighted by Gasteiger charge is -2.33. The summed E-state index contributed by atoms with van der Waals surface area (Å²) in [6.45, 7) is 1.56. The zero-order valence-electron chi connectivity index (χ0n) is 15.4. The molecule has 2 aromatic carbocycles. The molecule has 7 nitrogen and oxygen atoms in total. The van der Waals surface area contributed by atoms with Gasteiger partial charge in [0.1, 0.15) is 4.88 Å². The smallest absolute Gasteiger partial charge is 0.347 e. The summed E-state index contributed by atoms with van der Waals surface area (Å²) in [4.78, 5) is 17.5. The number of aromatic nitrogens is 1. The fourth-order valence-corrected chi connectivity index (χ4v) is 5.52. The fourth-order valence-electron chi connectivity index (χ4n) is 3.25. The van der Waals surface area contributed by atoms with Crippen molar-refractivity contribution in [2.24, 2.45) is 0 Å². The van der Waals surface area contributed by atoms with E-state index < -0.39 is 16.0 Å². The van der Waals surface area contributed by atoms with Gasteiger partial charge in [-0.2, -0.15) is 4.31 Å². The standard InChI is InChI=1S/C20H19N3O4S2/c24-19(25)18-14-21-20(28-18)22-9-11-23(12-10-22)29(26,27)17-8-4-7-16(13-17)15-5-2-1-3-6-15/h1-8,13-14H,9-12H2,(H,24,25). The summed E-state index contributed by atoms with van der Waals surface area (Å²) in [5.74, 6) is -1.01. The SMILES string of the molecule is O=C(O)c1cnc(N2CCN(S(=O)(=O)c3cccc(-c4ccccc4)c3)CC2)s1. The van der Waals surface area contributed by atoms with Gasteiger partial charge in [0.25, 0.3) is 0 Å². The third-order valence-corrected chi connectivity index (χ3v) is 7.73. The van der Waals surface area contributed by atoms with Gasteiger partial charge in [0.2, 0.25) is 10.0 Å². The van der Waals surface area contributed by atoms with Gasteiger partial charge in [-0.3, -0.25) is 0 Å². The van der Waals surface area contributed by atoms with E-state index in [2.05, 4.69) is 4.98 Å². The van der Waals surface area contributed by atoms with E-state index in [0.717, 1.165) is 22.5 Å². The average Bonchev–Trinajstić information content (AvgIpc) is 3.25. The fraction of sp³-hybridized carbons (Fsp3) is 0.200.